The summed E-state index contributed by atoms with van der Waals surface area (Å²) in [4.78, 5) is 3.63. The Labute approximate surface area is 90.8 Å². The molecule has 1 nitrogen and oxygen atoms in total. The molecule has 12 heavy (non-hydrogen) atoms. The Morgan fingerprint density at radius 3 is 2.67 bits per heavy atom. The second-order valence-corrected chi connectivity index (χ2v) is 3.86. The minimum atomic E-state index is -2.48. The normalized spacial score (nSPS) is 10.8. The van der Waals surface area contributed by atoms with E-state index in [0.29, 0.717) is 5.33 Å². The van der Waals surface area contributed by atoms with Crippen LogP contribution in [-0.4, -0.2) is 4.98 Å². The van der Waals surface area contributed by atoms with Gasteiger partial charge in [0.25, 0.3) is 6.43 Å². The summed E-state index contributed by atoms with van der Waals surface area (Å²) in [7, 11) is 0. The highest BCUT2D eigenvalue weighted by molar-refractivity contribution is 14.1. The van der Waals surface area contributed by atoms with Crippen LogP contribution in [0.15, 0.2) is 12.3 Å². The molecule has 0 radical (unpaired) electrons. The molecule has 1 rings (SSSR count). The fraction of sp³-hybridized carbons (Fsp3) is 0.286. The van der Waals surface area contributed by atoms with Gasteiger partial charge in [-0.1, -0.05) is 15.9 Å². The summed E-state index contributed by atoms with van der Waals surface area (Å²) in [5.74, 6) is 0. The minimum absolute atomic E-state index is 0.163. The Kier molecular flexibility index (Phi) is 3.82. The summed E-state index contributed by atoms with van der Waals surface area (Å²) >= 11 is 5.25. The second kappa shape index (κ2) is 4.45. The average Bonchev–Trinajstić information content (AvgIpc) is 2.04. The maximum Gasteiger partial charge on any atom is 0.280 e. The lowest BCUT2D eigenvalue weighted by Crippen LogP contribution is -1.94. The van der Waals surface area contributed by atoms with Gasteiger partial charge in [0.1, 0.15) is 5.69 Å². The van der Waals surface area contributed by atoms with Crippen LogP contribution in [0, 0.1) is 3.57 Å². The molecule has 1 aromatic rings. The maximum atomic E-state index is 12.1. The van der Waals surface area contributed by atoms with Gasteiger partial charge >= 0.3 is 0 Å². The van der Waals surface area contributed by atoms with Gasteiger partial charge in [-0.15, -0.1) is 0 Å². The van der Waals surface area contributed by atoms with Gasteiger partial charge in [0.15, 0.2) is 0 Å². The molecule has 0 unspecified atom stereocenters. The van der Waals surface area contributed by atoms with Crippen LogP contribution in [0.25, 0.3) is 0 Å². The van der Waals surface area contributed by atoms with Gasteiger partial charge in [0, 0.05) is 15.1 Å². The highest BCUT2D eigenvalue weighted by atomic mass is 127. The highest BCUT2D eigenvalue weighted by Gasteiger charge is 2.10. The number of aromatic nitrogens is 1. The zero-order valence-corrected chi connectivity index (χ0v) is 9.64. The third-order valence-electron chi connectivity index (χ3n) is 1.32. The van der Waals surface area contributed by atoms with Crippen molar-refractivity contribution in [3.8, 4) is 0 Å². The molecular formula is C7H5BrF2IN. The van der Waals surface area contributed by atoms with Gasteiger partial charge in [-0.3, -0.25) is 4.98 Å². The standard InChI is InChI=1S/C7H5BrF2IN/c8-2-4-3-12-6(7(9)10)1-5(4)11/h1,3,7H,2H2. The lowest BCUT2D eigenvalue weighted by molar-refractivity contribution is 0.146. The van der Waals surface area contributed by atoms with Crippen molar-refractivity contribution in [3.63, 3.8) is 0 Å². The van der Waals surface area contributed by atoms with Crippen LogP contribution in [-0.2, 0) is 5.33 Å². The fourth-order valence-electron chi connectivity index (χ4n) is 0.692. The van der Waals surface area contributed by atoms with E-state index in [2.05, 4.69) is 20.9 Å². The maximum absolute atomic E-state index is 12.1. The SMILES string of the molecule is FC(F)c1cc(I)c(CBr)cn1. The van der Waals surface area contributed by atoms with E-state index in [-0.39, 0.29) is 5.69 Å². The Morgan fingerprint density at radius 1 is 1.58 bits per heavy atom. The Bertz CT molecular complexity index is 280. The van der Waals surface area contributed by atoms with Gasteiger partial charge in [-0.05, 0) is 34.2 Å². The number of alkyl halides is 3. The third-order valence-corrected chi connectivity index (χ3v) is 2.93. The van der Waals surface area contributed by atoms with Crippen LogP contribution in [0.2, 0.25) is 0 Å². The van der Waals surface area contributed by atoms with Crippen molar-refractivity contribution >= 4 is 38.5 Å². The summed E-state index contributed by atoms with van der Waals surface area (Å²) < 4.78 is 25.0. The molecule has 0 saturated heterocycles. The first kappa shape index (κ1) is 10.3. The number of nitrogens with zero attached hydrogens (tertiary/aromatic N) is 1. The molecule has 0 amide bonds. The summed E-state index contributed by atoms with van der Waals surface area (Å²) in [6, 6.07) is 1.40. The van der Waals surface area contributed by atoms with E-state index in [0.717, 1.165) is 9.13 Å². The van der Waals surface area contributed by atoms with Crippen LogP contribution < -0.4 is 0 Å². The third kappa shape index (κ3) is 2.35. The molecular weight excluding hydrogens is 343 g/mol. The van der Waals surface area contributed by atoms with E-state index in [4.69, 9.17) is 0 Å². The number of hydrogen-bond acceptors (Lipinski definition) is 1. The molecule has 1 aromatic heterocycles. The molecule has 66 valence electrons. The van der Waals surface area contributed by atoms with Crippen molar-refractivity contribution in [2.45, 2.75) is 11.8 Å². The van der Waals surface area contributed by atoms with Crippen LogP contribution in [0.1, 0.15) is 17.7 Å². The van der Waals surface area contributed by atoms with E-state index in [1.54, 1.807) is 0 Å². The smallest absolute Gasteiger partial charge is 0.255 e. The van der Waals surface area contributed by atoms with E-state index in [1.165, 1.54) is 12.3 Å². The lowest BCUT2D eigenvalue weighted by atomic mass is 10.3. The first-order chi connectivity index (χ1) is 5.65. The van der Waals surface area contributed by atoms with Gasteiger partial charge in [0.2, 0.25) is 0 Å². The Hall–Kier alpha value is 0.220. The van der Waals surface area contributed by atoms with Crippen molar-refractivity contribution in [2.75, 3.05) is 0 Å². The van der Waals surface area contributed by atoms with E-state index < -0.39 is 6.43 Å². The van der Waals surface area contributed by atoms with Gasteiger partial charge in [0.05, 0.1) is 0 Å². The summed E-state index contributed by atoms with van der Waals surface area (Å²) in [6.07, 6.45) is -1.01. The summed E-state index contributed by atoms with van der Waals surface area (Å²) in [6.45, 7) is 0. The predicted molar refractivity (Wildman–Crippen MR) is 54.5 cm³/mol. The largest absolute Gasteiger partial charge is 0.280 e. The Balaban J connectivity index is 3.02. The van der Waals surface area contributed by atoms with E-state index in [1.807, 2.05) is 22.6 Å². The number of halogens is 4. The lowest BCUT2D eigenvalue weighted by Gasteiger charge is -2.02. The van der Waals surface area contributed by atoms with Gasteiger partial charge < -0.3 is 0 Å². The first-order valence-corrected chi connectivity index (χ1v) is 5.33. The molecule has 0 N–H and O–H groups in total. The summed E-state index contributed by atoms with van der Waals surface area (Å²) in [5.41, 5.74) is 0.768. The molecule has 0 aliphatic carbocycles. The molecule has 0 fully saturated rings. The minimum Gasteiger partial charge on any atom is -0.255 e. The van der Waals surface area contributed by atoms with Crippen LogP contribution >= 0.6 is 38.5 Å². The zero-order valence-electron chi connectivity index (χ0n) is 5.90. The monoisotopic (exact) mass is 347 g/mol. The molecule has 0 atom stereocenters. The van der Waals surface area contributed by atoms with Crippen molar-refractivity contribution in [2.24, 2.45) is 0 Å². The second-order valence-electron chi connectivity index (χ2n) is 2.13. The molecule has 0 aliphatic heterocycles. The topological polar surface area (TPSA) is 12.9 Å². The summed E-state index contributed by atoms with van der Waals surface area (Å²) in [5, 5.41) is 0.641. The van der Waals surface area contributed by atoms with Crippen LogP contribution in [0.5, 0.6) is 0 Å². The highest BCUT2D eigenvalue weighted by Crippen LogP contribution is 2.21. The van der Waals surface area contributed by atoms with Gasteiger partial charge in [-0.2, -0.15) is 0 Å². The van der Waals surface area contributed by atoms with Crippen molar-refractivity contribution in [3.05, 3.63) is 27.1 Å². The number of rotatable bonds is 2. The van der Waals surface area contributed by atoms with E-state index >= 15 is 0 Å². The predicted octanol–water partition coefficient (Wildman–Crippen LogP) is 3.52. The number of hydrogen-bond donors (Lipinski definition) is 0. The first-order valence-electron chi connectivity index (χ1n) is 3.13. The molecule has 0 saturated carbocycles. The fourth-order valence-corrected chi connectivity index (χ4v) is 2.31. The molecule has 1 heterocycles. The molecule has 0 spiro atoms. The quantitative estimate of drug-likeness (QED) is 0.589. The van der Waals surface area contributed by atoms with Crippen molar-refractivity contribution in [1.82, 2.24) is 4.98 Å². The Morgan fingerprint density at radius 2 is 2.25 bits per heavy atom. The number of pyridine rings is 1. The van der Waals surface area contributed by atoms with Crippen molar-refractivity contribution < 1.29 is 8.78 Å². The molecule has 0 bridgehead atoms. The molecule has 5 heteroatoms. The molecule has 0 aliphatic rings. The average molecular weight is 348 g/mol. The van der Waals surface area contributed by atoms with Gasteiger partial charge in [-0.25, -0.2) is 8.78 Å². The van der Waals surface area contributed by atoms with E-state index in [9.17, 15) is 8.78 Å². The van der Waals surface area contributed by atoms with Crippen LogP contribution in [0.4, 0.5) is 8.78 Å². The van der Waals surface area contributed by atoms with Crippen molar-refractivity contribution in [1.29, 1.82) is 0 Å². The molecule has 0 aromatic carbocycles. The van der Waals surface area contributed by atoms with Crippen LogP contribution in [0.3, 0.4) is 0 Å². The zero-order chi connectivity index (χ0) is 9.14.